The zero-order chi connectivity index (χ0) is 23.9. The van der Waals surface area contributed by atoms with Crippen molar-refractivity contribution in [3.05, 3.63) is 93.5 Å². The molecule has 0 saturated heterocycles. The number of benzene rings is 3. The van der Waals surface area contributed by atoms with E-state index in [9.17, 15) is 20.0 Å². The van der Waals surface area contributed by atoms with E-state index < -0.39 is 10.6 Å². The van der Waals surface area contributed by atoms with Gasteiger partial charge in [-0.25, -0.2) is 0 Å². The topological polar surface area (TPSA) is 110 Å². The summed E-state index contributed by atoms with van der Waals surface area (Å²) in [7, 11) is 0. The minimum Gasteiger partial charge on any atom is -0.398 e. The smallest absolute Gasteiger partial charge is 0.283 e. The van der Waals surface area contributed by atoms with Gasteiger partial charge in [0.1, 0.15) is 0 Å². The number of nitrogen functional groups attached to an aromatic ring is 1. The van der Waals surface area contributed by atoms with Crippen molar-refractivity contribution in [2.24, 2.45) is 0 Å². The minimum atomic E-state index is -1.77. The lowest BCUT2D eigenvalue weighted by Crippen LogP contribution is -2.51. The lowest BCUT2D eigenvalue weighted by atomic mass is 9.89. The van der Waals surface area contributed by atoms with Gasteiger partial charge in [0.05, 0.1) is 9.82 Å². The van der Waals surface area contributed by atoms with Crippen LogP contribution in [0.3, 0.4) is 0 Å². The highest BCUT2D eigenvalue weighted by Crippen LogP contribution is 2.47. The number of hydrogen-bond donors (Lipinski definition) is 2. The second-order valence-corrected chi connectivity index (χ2v) is 9.85. The van der Waals surface area contributed by atoms with Crippen molar-refractivity contribution in [2.45, 2.75) is 53.7 Å². The Morgan fingerprint density at radius 3 is 2.44 bits per heavy atom. The number of anilines is 1. The molecule has 8 heteroatoms. The first-order valence-electron chi connectivity index (χ1n) is 11.4. The normalized spacial score (nSPS) is 20.4. The highest BCUT2D eigenvalue weighted by molar-refractivity contribution is 7.99. The summed E-state index contributed by atoms with van der Waals surface area (Å²) >= 11 is 1.21. The lowest BCUT2D eigenvalue weighted by molar-refractivity contribution is -0.387. The van der Waals surface area contributed by atoms with Gasteiger partial charge >= 0.3 is 0 Å². The number of amides is 1. The molecule has 174 valence electrons. The molecule has 0 aromatic heterocycles. The summed E-state index contributed by atoms with van der Waals surface area (Å²) in [6.45, 7) is 0. The molecule has 34 heavy (non-hydrogen) atoms. The van der Waals surface area contributed by atoms with Gasteiger partial charge in [-0.1, -0.05) is 67.4 Å². The van der Waals surface area contributed by atoms with Gasteiger partial charge in [-0.2, -0.15) is 0 Å². The van der Waals surface area contributed by atoms with Crippen LogP contribution in [0.25, 0.3) is 0 Å². The second-order valence-electron chi connectivity index (χ2n) is 8.76. The Morgan fingerprint density at radius 2 is 1.71 bits per heavy atom. The van der Waals surface area contributed by atoms with E-state index >= 15 is 0 Å². The largest absolute Gasteiger partial charge is 0.398 e. The molecular weight excluding hydrogens is 450 g/mol. The summed E-state index contributed by atoms with van der Waals surface area (Å²) in [6.07, 6.45) is 4.66. The molecule has 1 aliphatic heterocycles. The molecule has 1 atom stereocenters. The van der Waals surface area contributed by atoms with E-state index in [2.05, 4.69) is 0 Å². The molecule has 2 aliphatic rings. The molecule has 7 nitrogen and oxygen atoms in total. The molecule has 3 aromatic carbocycles. The van der Waals surface area contributed by atoms with E-state index in [4.69, 9.17) is 5.73 Å². The Hall–Kier alpha value is -3.36. The Kier molecular flexibility index (Phi) is 5.79. The molecule has 1 saturated carbocycles. The molecule has 3 aromatic rings. The number of rotatable bonds is 5. The number of carbonyl (C=O) groups is 1. The Labute approximate surface area is 201 Å². The molecule has 0 spiro atoms. The minimum absolute atomic E-state index is 0.129. The number of nitro benzene ring substituents is 1. The summed E-state index contributed by atoms with van der Waals surface area (Å²) in [5, 5.41) is 24.2. The number of nitrogens with zero attached hydrogens (tertiary/aromatic N) is 2. The zero-order valence-electron chi connectivity index (χ0n) is 18.5. The molecule has 1 unspecified atom stereocenters. The molecule has 3 N–H and O–H groups in total. The maximum Gasteiger partial charge on any atom is 0.283 e. The quantitative estimate of drug-likeness (QED) is 0.294. The van der Waals surface area contributed by atoms with Crippen LogP contribution in [0.1, 0.15) is 53.6 Å². The van der Waals surface area contributed by atoms with Gasteiger partial charge in [0.25, 0.3) is 11.6 Å². The van der Waals surface area contributed by atoms with Crippen LogP contribution < -0.4 is 5.73 Å². The van der Waals surface area contributed by atoms with Gasteiger partial charge in [0, 0.05) is 39.4 Å². The molecular formula is C26H25N3O4S. The van der Waals surface area contributed by atoms with Crippen LogP contribution in [0, 0.1) is 10.1 Å². The van der Waals surface area contributed by atoms with Crippen LogP contribution in [-0.4, -0.2) is 26.9 Å². The van der Waals surface area contributed by atoms with Gasteiger partial charge in [0.2, 0.25) is 0 Å². The van der Waals surface area contributed by atoms with E-state index in [0.717, 1.165) is 32.1 Å². The fourth-order valence-corrected chi connectivity index (χ4v) is 6.04. The molecule has 0 bridgehead atoms. The van der Waals surface area contributed by atoms with Gasteiger partial charge < -0.3 is 10.8 Å². The summed E-state index contributed by atoms with van der Waals surface area (Å²) in [5.41, 5.74) is 5.88. The van der Waals surface area contributed by atoms with Crippen LogP contribution >= 0.6 is 11.8 Å². The SMILES string of the molecule is Nc1ccccc1Sc1ccc(C2(O)c3ccccc3C(=O)N2C2CCCCC2)cc1[N+](=O)[O-]. The monoisotopic (exact) mass is 475 g/mol. The number of aliphatic hydroxyl groups is 1. The highest BCUT2D eigenvalue weighted by Gasteiger charge is 2.52. The van der Waals surface area contributed by atoms with E-state index in [1.54, 1.807) is 53.4 Å². The van der Waals surface area contributed by atoms with Crippen molar-refractivity contribution < 1.29 is 14.8 Å². The van der Waals surface area contributed by atoms with Crippen LogP contribution in [0.15, 0.2) is 76.5 Å². The third kappa shape index (κ3) is 3.63. The average molecular weight is 476 g/mol. The van der Waals surface area contributed by atoms with E-state index in [0.29, 0.717) is 32.2 Å². The zero-order valence-corrected chi connectivity index (χ0v) is 19.3. The number of nitro groups is 1. The fourth-order valence-electron chi connectivity index (χ4n) is 5.10. The number of fused-ring (bicyclic) bond motifs is 1. The maximum absolute atomic E-state index is 13.5. The van der Waals surface area contributed by atoms with E-state index in [-0.39, 0.29) is 17.6 Å². The van der Waals surface area contributed by atoms with Crippen molar-refractivity contribution in [2.75, 3.05) is 5.73 Å². The van der Waals surface area contributed by atoms with Crippen LogP contribution in [-0.2, 0) is 5.72 Å². The van der Waals surface area contributed by atoms with E-state index in [1.165, 1.54) is 17.8 Å². The number of carbonyl (C=O) groups excluding carboxylic acids is 1. The van der Waals surface area contributed by atoms with Gasteiger partial charge in [-0.3, -0.25) is 19.8 Å². The average Bonchev–Trinajstić information content (AvgIpc) is 3.09. The van der Waals surface area contributed by atoms with Crippen molar-refractivity contribution in [1.82, 2.24) is 4.90 Å². The van der Waals surface area contributed by atoms with Crippen molar-refractivity contribution >= 4 is 29.0 Å². The lowest BCUT2D eigenvalue weighted by Gasteiger charge is -2.41. The number of para-hydroxylation sites is 1. The standard InChI is InChI=1S/C26H25N3O4S/c27-21-12-6-7-13-23(21)34-24-15-14-17(16-22(24)29(32)33)26(31)20-11-5-4-10-19(20)25(30)28(26)18-8-2-1-3-9-18/h4-7,10-16,18,31H,1-3,8-9,27H2. The molecule has 1 heterocycles. The highest BCUT2D eigenvalue weighted by atomic mass is 32.2. The third-order valence-corrected chi connectivity index (χ3v) is 7.89. The maximum atomic E-state index is 13.5. The number of hydrogen-bond acceptors (Lipinski definition) is 6. The molecule has 1 fully saturated rings. The van der Waals surface area contributed by atoms with Crippen LogP contribution in [0.4, 0.5) is 11.4 Å². The Bertz CT molecular complexity index is 1270. The van der Waals surface area contributed by atoms with Crippen molar-refractivity contribution in [3.8, 4) is 0 Å². The van der Waals surface area contributed by atoms with Gasteiger partial charge in [-0.15, -0.1) is 0 Å². The first kappa shape index (κ1) is 22.4. The van der Waals surface area contributed by atoms with Crippen LogP contribution in [0.2, 0.25) is 0 Å². The number of nitrogens with two attached hydrogens (primary N) is 1. The Morgan fingerprint density at radius 1 is 1.00 bits per heavy atom. The van der Waals surface area contributed by atoms with Gasteiger partial charge in [-0.05, 0) is 37.1 Å². The fraction of sp³-hybridized carbons (Fsp3) is 0.269. The predicted molar refractivity (Wildman–Crippen MR) is 131 cm³/mol. The first-order chi connectivity index (χ1) is 16.4. The third-order valence-electron chi connectivity index (χ3n) is 6.74. The second kappa shape index (κ2) is 8.77. The summed E-state index contributed by atoms with van der Waals surface area (Å²) in [6, 6.07) is 18.8. The summed E-state index contributed by atoms with van der Waals surface area (Å²) in [4.78, 5) is 27.7. The molecule has 0 radical (unpaired) electrons. The summed E-state index contributed by atoms with van der Waals surface area (Å²) in [5.74, 6) is -0.233. The Balaban J connectivity index is 1.63. The van der Waals surface area contributed by atoms with Crippen molar-refractivity contribution in [3.63, 3.8) is 0 Å². The predicted octanol–water partition coefficient (Wildman–Crippen LogP) is 5.31. The first-order valence-corrected chi connectivity index (χ1v) is 12.2. The van der Waals surface area contributed by atoms with Gasteiger partial charge in [0.15, 0.2) is 5.72 Å². The molecule has 1 aliphatic carbocycles. The van der Waals surface area contributed by atoms with E-state index in [1.807, 2.05) is 12.1 Å². The molecule has 1 amide bonds. The van der Waals surface area contributed by atoms with Crippen LogP contribution in [0.5, 0.6) is 0 Å². The molecule has 5 rings (SSSR count). The summed E-state index contributed by atoms with van der Waals surface area (Å²) < 4.78 is 0. The van der Waals surface area contributed by atoms with Crippen molar-refractivity contribution in [1.29, 1.82) is 0 Å².